The average Bonchev–Trinajstić information content (AvgIpc) is 3.33. The molecule has 3 aliphatic rings. The molecule has 3 amide bonds. The first-order chi connectivity index (χ1) is 14.1. The molecule has 6 nitrogen and oxygen atoms in total. The lowest BCUT2D eigenvalue weighted by Crippen LogP contribution is -2.35. The minimum absolute atomic E-state index is 0.119. The van der Waals surface area contributed by atoms with Gasteiger partial charge in [-0.1, -0.05) is 36.4 Å². The fourth-order valence-corrected chi connectivity index (χ4v) is 4.63. The Bertz CT molecular complexity index is 787. The molecule has 2 heterocycles. The smallest absolute Gasteiger partial charge is 0.233 e. The molecule has 4 rings (SSSR count). The third kappa shape index (κ3) is 4.58. The minimum atomic E-state index is -0.228. The van der Waals surface area contributed by atoms with E-state index in [0.717, 1.165) is 25.2 Å². The SMILES string of the molecule is O=C(CCN1C(=O)[C@H]2CC=CC[C@H]2C1=O)NCc1cccc(CN2CCCC2)c1. The molecule has 0 spiro atoms. The molecule has 0 unspecified atom stereocenters. The van der Waals surface area contributed by atoms with Crippen LogP contribution in [-0.4, -0.2) is 47.2 Å². The molecular formula is C23H29N3O3. The Morgan fingerprint density at radius 3 is 2.34 bits per heavy atom. The number of fused-ring (bicyclic) bond motifs is 1. The van der Waals surface area contributed by atoms with Crippen molar-refractivity contribution < 1.29 is 14.4 Å². The second-order valence-electron chi connectivity index (χ2n) is 8.31. The summed E-state index contributed by atoms with van der Waals surface area (Å²) < 4.78 is 0. The molecule has 2 saturated heterocycles. The summed E-state index contributed by atoms with van der Waals surface area (Å²) in [5.74, 6) is -0.829. The third-order valence-corrected chi connectivity index (χ3v) is 6.25. The zero-order valence-corrected chi connectivity index (χ0v) is 16.8. The van der Waals surface area contributed by atoms with Crippen molar-refractivity contribution in [3.05, 3.63) is 47.5 Å². The largest absolute Gasteiger partial charge is 0.352 e. The Morgan fingerprint density at radius 1 is 1.00 bits per heavy atom. The van der Waals surface area contributed by atoms with E-state index < -0.39 is 0 Å². The third-order valence-electron chi connectivity index (χ3n) is 6.25. The van der Waals surface area contributed by atoms with E-state index in [1.165, 1.54) is 23.3 Å². The van der Waals surface area contributed by atoms with Crippen LogP contribution in [0.5, 0.6) is 0 Å². The second-order valence-corrected chi connectivity index (χ2v) is 8.31. The quantitative estimate of drug-likeness (QED) is 0.568. The Kier molecular flexibility index (Phi) is 6.09. The first-order valence-electron chi connectivity index (χ1n) is 10.7. The minimum Gasteiger partial charge on any atom is -0.352 e. The van der Waals surface area contributed by atoms with E-state index in [1.54, 1.807) is 0 Å². The normalized spacial score (nSPS) is 24.2. The topological polar surface area (TPSA) is 69.7 Å². The van der Waals surface area contributed by atoms with Crippen LogP contribution in [0.25, 0.3) is 0 Å². The molecule has 154 valence electrons. The molecule has 1 aromatic rings. The number of hydrogen-bond donors (Lipinski definition) is 1. The highest BCUT2D eigenvalue weighted by Gasteiger charge is 2.46. The van der Waals surface area contributed by atoms with Gasteiger partial charge in [0.15, 0.2) is 0 Å². The maximum atomic E-state index is 12.5. The second kappa shape index (κ2) is 8.91. The number of allylic oxidation sites excluding steroid dienone is 2. The van der Waals surface area contributed by atoms with Crippen molar-refractivity contribution in [2.24, 2.45) is 11.8 Å². The van der Waals surface area contributed by atoms with Gasteiger partial charge in [0.05, 0.1) is 11.8 Å². The first-order valence-corrected chi connectivity index (χ1v) is 10.7. The maximum absolute atomic E-state index is 12.5. The fourth-order valence-electron chi connectivity index (χ4n) is 4.63. The van der Waals surface area contributed by atoms with Crippen LogP contribution < -0.4 is 5.32 Å². The van der Waals surface area contributed by atoms with Gasteiger partial charge in [0.25, 0.3) is 0 Å². The lowest BCUT2D eigenvalue weighted by Gasteiger charge is -2.16. The van der Waals surface area contributed by atoms with Crippen molar-refractivity contribution in [1.29, 1.82) is 0 Å². The van der Waals surface area contributed by atoms with Crippen LogP contribution in [0.15, 0.2) is 36.4 Å². The van der Waals surface area contributed by atoms with Gasteiger partial charge in [-0.2, -0.15) is 0 Å². The van der Waals surface area contributed by atoms with Crippen molar-refractivity contribution in [2.45, 2.75) is 45.2 Å². The monoisotopic (exact) mass is 395 g/mol. The van der Waals surface area contributed by atoms with Gasteiger partial charge in [0.2, 0.25) is 17.7 Å². The highest BCUT2D eigenvalue weighted by atomic mass is 16.2. The van der Waals surface area contributed by atoms with Crippen LogP contribution in [0, 0.1) is 11.8 Å². The molecule has 1 N–H and O–H groups in total. The van der Waals surface area contributed by atoms with Crippen LogP contribution in [0.4, 0.5) is 0 Å². The predicted octanol–water partition coefficient (Wildman–Crippen LogP) is 2.24. The van der Waals surface area contributed by atoms with Crippen LogP contribution >= 0.6 is 0 Å². The van der Waals surface area contributed by atoms with Gasteiger partial charge in [-0.25, -0.2) is 0 Å². The number of imide groups is 1. The van der Waals surface area contributed by atoms with Crippen molar-refractivity contribution in [2.75, 3.05) is 19.6 Å². The summed E-state index contributed by atoms with van der Waals surface area (Å²) in [6.45, 7) is 3.91. The number of amides is 3. The summed E-state index contributed by atoms with van der Waals surface area (Å²) in [5, 5.41) is 2.92. The van der Waals surface area contributed by atoms with Crippen LogP contribution in [0.1, 0.15) is 43.2 Å². The fraction of sp³-hybridized carbons (Fsp3) is 0.522. The number of hydrogen-bond acceptors (Lipinski definition) is 4. The number of likely N-dealkylation sites (tertiary alicyclic amines) is 2. The molecule has 1 aromatic carbocycles. The molecule has 2 aliphatic heterocycles. The van der Waals surface area contributed by atoms with Crippen molar-refractivity contribution in [1.82, 2.24) is 15.1 Å². The summed E-state index contributed by atoms with van der Waals surface area (Å²) in [5.41, 5.74) is 2.34. The van der Waals surface area contributed by atoms with Gasteiger partial charge >= 0.3 is 0 Å². The molecule has 2 atom stereocenters. The van der Waals surface area contributed by atoms with Crippen LogP contribution in [0.2, 0.25) is 0 Å². The Labute approximate surface area is 171 Å². The zero-order chi connectivity index (χ0) is 20.2. The van der Waals surface area contributed by atoms with E-state index in [9.17, 15) is 14.4 Å². The molecule has 0 bridgehead atoms. The molecule has 6 heteroatoms. The average molecular weight is 396 g/mol. The van der Waals surface area contributed by atoms with Crippen molar-refractivity contribution in [3.63, 3.8) is 0 Å². The van der Waals surface area contributed by atoms with Gasteiger partial charge in [-0.05, 0) is 49.9 Å². The molecule has 0 radical (unpaired) electrons. The van der Waals surface area contributed by atoms with Crippen molar-refractivity contribution >= 4 is 17.7 Å². The summed E-state index contributed by atoms with van der Waals surface area (Å²) >= 11 is 0. The number of carbonyl (C=O) groups excluding carboxylic acids is 3. The summed E-state index contributed by atoms with van der Waals surface area (Å²) in [6.07, 6.45) is 7.90. The van der Waals surface area contributed by atoms with E-state index in [0.29, 0.717) is 19.4 Å². The zero-order valence-electron chi connectivity index (χ0n) is 16.8. The van der Waals surface area contributed by atoms with E-state index in [1.807, 2.05) is 24.3 Å². The predicted molar refractivity (Wildman–Crippen MR) is 109 cm³/mol. The first kappa shape index (κ1) is 19.8. The summed E-state index contributed by atoms with van der Waals surface area (Å²) in [4.78, 5) is 40.9. The summed E-state index contributed by atoms with van der Waals surface area (Å²) in [7, 11) is 0. The van der Waals surface area contributed by atoms with Gasteiger partial charge in [-0.15, -0.1) is 0 Å². The standard InChI is InChI=1S/C23H29N3O3/c27-21(10-13-26-22(28)19-8-1-2-9-20(19)23(26)29)24-15-17-6-5-7-18(14-17)16-25-11-3-4-12-25/h1-2,5-7,14,19-20H,3-4,8-13,15-16H2,(H,24,27)/t19-,20+. The van der Waals surface area contributed by atoms with E-state index >= 15 is 0 Å². The van der Waals surface area contributed by atoms with E-state index in [-0.39, 0.29) is 42.5 Å². The molecule has 0 aromatic heterocycles. The molecule has 0 saturated carbocycles. The maximum Gasteiger partial charge on any atom is 0.233 e. The lowest BCUT2D eigenvalue weighted by atomic mass is 9.85. The number of nitrogens with zero attached hydrogens (tertiary/aromatic N) is 2. The molecular weight excluding hydrogens is 366 g/mol. The highest BCUT2D eigenvalue weighted by molar-refractivity contribution is 6.05. The molecule has 2 fully saturated rings. The van der Waals surface area contributed by atoms with Gasteiger partial charge in [0.1, 0.15) is 0 Å². The number of rotatable bonds is 7. The Hall–Kier alpha value is -2.47. The van der Waals surface area contributed by atoms with Crippen LogP contribution in [0.3, 0.4) is 0 Å². The number of carbonyl (C=O) groups is 3. The van der Waals surface area contributed by atoms with Gasteiger partial charge in [0, 0.05) is 26.1 Å². The lowest BCUT2D eigenvalue weighted by molar-refractivity contribution is -0.140. The van der Waals surface area contributed by atoms with Gasteiger partial charge in [-0.3, -0.25) is 24.2 Å². The van der Waals surface area contributed by atoms with Gasteiger partial charge < -0.3 is 5.32 Å². The van der Waals surface area contributed by atoms with E-state index in [4.69, 9.17) is 0 Å². The number of benzene rings is 1. The number of nitrogens with one attached hydrogen (secondary N) is 1. The highest BCUT2D eigenvalue weighted by Crippen LogP contribution is 2.34. The molecule has 29 heavy (non-hydrogen) atoms. The summed E-state index contributed by atoms with van der Waals surface area (Å²) in [6, 6.07) is 8.32. The Balaban J connectivity index is 1.24. The molecule has 1 aliphatic carbocycles. The van der Waals surface area contributed by atoms with Crippen LogP contribution in [-0.2, 0) is 27.5 Å². The van der Waals surface area contributed by atoms with Crippen molar-refractivity contribution in [3.8, 4) is 0 Å². The Morgan fingerprint density at radius 2 is 1.66 bits per heavy atom. The van der Waals surface area contributed by atoms with E-state index in [2.05, 4.69) is 22.3 Å².